The maximum atomic E-state index is 12.4. The van der Waals surface area contributed by atoms with Crippen LogP contribution in [0.4, 0.5) is 5.82 Å². The highest BCUT2D eigenvalue weighted by molar-refractivity contribution is 7.99. The first-order valence-electron chi connectivity index (χ1n) is 8.58. The van der Waals surface area contributed by atoms with Crippen molar-refractivity contribution >= 4 is 23.5 Å². The molecule has 138 valence electrons. The van der Waals surface area contributed by atoms with Crippen LogP contribution in [-0.2, 0) is 0 Å². The third kappa shape index (κ3) is 4.06. The Bertz CT molecular complexity index is 976. The van der Waals surface area contributed by atoms with Crippen molar-refractivity contribution in [2.75, 3.05) is 16.8 Å². The van der Waals surface area contributed by atoms with Crippen molar-refractivity contribution in [2.45, 2.75) is 12.5 Å². The Labute approximate surface area is 159 Å². The predicted octanol–water partition coefficient (Wildman–Crippen LogP) is 2.70. The fourth-order valence-corrected chi connectivity index (χ4v) is 3.88. The van der Waals surface area contributed by atoms with Crippen LogP contribution in [0.3, 0.4) is 0 Å². The third-order valence-corrected chi connectivity index (χ3v) is 5.29. The van der Waals surface area contributed by atoms with Crippen molar-refractivity contribution in [3.8, 4) is 11.6 Å². The number of para-hydroxylation sites is 1. The number of carbonyl (C=O) groups excluding carboxylic acids is 1. The minimum atomic E-state index is -0.355. The molecule has 2 aromatic heterocycles. The van der Waals surface area contributed by atoms with E-state index in [1.54, 1.807) is 24.3 Å². The molecule has 1 fully saturated rings. The van der Waals surface area contributed by atoms with Crippen molar-refractivity contribution < 1.29 is 9.53 Å². The molecular weight excluding hydrogens is 364 g/mol. The Kier molecular flexibility index (Phi) is 4.97. The molecule has 1 saturated heterocycles. The van der Waals surface area contributed by atoms with Crippen molar-refractivity contribution in [2.24, 2.45) is 0 Å². The zero-order chi connectivity index (χ0) is 18.6. The molecule has 1 aliphatic rings. The molecule has 1 aromatic carbocycles. The van der Waals surface area contributed by atoms with E-state index in [4.69, 9.17) is 4.74 Å². The lowest BCUT2D eigenvalue weighted by molar-refractivity contribution is 0.102. The number of pyridine rings is 1. The number of rotatable bonds is 5. The van der Waals surface area contributed by atoms with Crippen molar-refractivity contribution in [1.29, 1.82) is 0 Å². The molecule has 3 heterocycles. The lowest BCUT2D eigenvalue weighted by atomic mass is 10.2. The smallest absolute Gasteiger partial charge is 0.273 e. The van der Waals surface area contributed by atoms with Gasteiger partial charge in [-0.15, -0.1) is 0 Å². The number of carbonyl (C=O) groups is 1. The van der Waals surface area contributed by atoms with Gasteiger partial charge in [0.25, 0.3) is 11.5 Å². The van der Waals surface area contributed by atoms with Crippen molar-refractivity contribution in [1.82, 2.24) is 14.8 Å². The number of hydrogen-bond acceptors (Lipinski definition) is 5. The van der Waals surface area contributed by atoms with E-state index in [0.717, 1.165) is 17.9 Å². The average molecular weight is 382 g/mol. The van der Waals surface area contributed by atoms with E-state index in [-0.39, 0.29) is 17.6 Å². The first kappa shape index (κ1) is 17.4. The number of H-pyrrole nitrogens is 1. The van der Waals surface area contributed by atoms with E-state index in [2.05, 4.69) is 15.4 Å². The number of anilines is 1. The van der Waals surface area contributed by atoms with Crippen molar-refractivity contribution in [3.05, 3.63) is 70.6 Å². The second kappa shape index (κ2) is 7.71. The number of aromatic nitrogens is 3. The topological polar surface area (TPSA) is 89.0 Å². The van der Waals surface area contributed by atoms with E-state index in [1.807, 2.05) is 30.0 Å². The molecule has 0 aliphatic carbocycles. The standard InChI is InChI=1S/C19H18N4O3S/c24-18-10-16(22-23(18)14-4-2-1-3-5-14)21-19(25)13-6-7-17(20-11-13)26-15-8-9-27-12-15/h1-7,10-11,15,22H,8-9,12H2,(H,21,25). The van der Waals surface area contributed by atoms with Crippen LogP contribution in [0.25, 0.3) is 5.69 Å². The van der Waals surface area contributed by atoms with Gasteiger partial charge < -0.3 is 10.1 Å². The van der Waals surface area contributed by atoms with Crippen LogP contribution in [0, 0.1) is 0 Å². The quantitative estimate of drug-likeness (QED) is 0.708. The first-order chi connectivity index (χ1) is 13.2. The minimum Gasteiger partial charge on any atom is -0.473 e. The summed E-state index contributed by atoms with van der Waals surface area (Å²) in [6.45, 7) is 0. The molecular formula is C19H18N4O3S. The number of nitrogens with one attached hydrogen (secondary N) is 2. The van der Waals surface area contributed by atoms with Crippen molar-refractivity contribution in [3.63, 3.8) is 0 Å². The van der Waals surface area contributed by atoms with E-state index >= 15 is 0 Å². The van der Waals surface area contributed by atoms with Gasteiger partial charge in [0.15, 0.2) is 0 Å². The Morgan fingerprint density at radius 3 is 2.81 bits per heavy atom. The maximum absolute atomic E-state index is 12.4. The van der Waals surface area contributed by atoms with Crippen LogP contribution in [0.15, 0.2) is 59.5 Å². The van der Waals surface area contributed by atoms with Gasteiger partial charge in [-0.1, -0.05) is 18.2 Å². The third-order valence-electron chi connectivity index (χ3n) is 4.16. The molecule has 1 unspecified atom stereocenters. The fourth-order valence-electron chi connectivity index (χ4n) is 2.78. The van der Waals surface area contributed by atoms with Crippen LogP contribution in [-0.4, -0.2) is 38.3 Å². The van der Waals surface area contributed by atoms with Gasteiger partial charge in [-0.05, 0) is 30.4 Å². The number of benzene rings is 1. The number of amides is 1. The zero-order valence-electron chi connectivity index (χ0n) is 14.4. The van der Waals surface area contributed by atoms with Gasteiger partial charge in [0.05, 0.1) is 11.3 Å². The second-order valence-corrected chi connectivity index (χ2v) is 7.27. The summed E-state index contributed by atoms with van der Waals surface area (Å²) in [6.07, 6.45) is 2.67. The highest BCUT2D eigenvalue weighted by Crippen LogP contribution is 2.22. The second-order valence-electron chi connectivity index (χ2n) is 6.12. The molecule has 0 saturated carbocycles. The van der Waals surface area contributed by atoms with Gasteiger partial charge in [-0.2, -0.15) is 11.8 Å². The first-order valence-corrected chi connectivity index (χ1v) is 9.74. The highest BCUT2D eigenvalue weighted by Gasteiger charge is 2.18. The van der Waals surface area contributed by atoms with Crippen LogP contribution >= 0.6 is 11.8 Å². The largest absolute Gasteiger partial charge is 0.473 e. The summed E-state index contributed by atoms with van der Waals surface area (Å²) in [6, 6.07) is 13.8. The molecule has 1 aliphatic heterocycles. The monoisotopic (exact) mass is 382 g/mol. The molecule has 1 atom stereocenters. The summed E-state index contributed by atoms with van der Waals surface area (Å²) in [4.78, 5) is 28.7. The Hall–Kier alpha value is -3.00. The normalized spacial score (nSPS) is 16.2. The van der Waals surface area contributed by atoms with Gasteiger partial charge >= 0.3 is 0 Å². The van der Waals surface area contributed by atoms with Gasteiger partial charge in [0.1, 0.15) is 11.9 Å². The summed E-state index contributed by atoms with van der Waals surface area (Å²) >= 11 is 1.86. The summed E-state index contributed by atoms with van der Waals surface area (Å²) in [5.41, 5.74) is 0.820. The molecule has 0 bridgehead atoms. The number of hydrogen-bond donors (Lipinski definition) is 2. The minimum absolute atomic E-state index is 0.185. The van der Waals surface area contributed by atoms with E-state index in [1.165, 1.54) is 16.9 Å². The Morgan fingerprint density at radius 1 is 1.26 bits per heavy atom. The zero-order valence-corrected chi connectivity index (χ0v) is 15.2. The molecule has 2 N–H and O–H groups in total. The van der Waals surface area contributed by atoms with E-state index < -0.39 is 0 Å². The van der Waals surface area contributed by atoms with Crippen LogP contribution in [0.1, 0.15) is 16.8 Å². The highest BCUT2D eigenvalue weighted by atomic mass is 32.2. The van der Waals surface area contributed by atoms with Gasteiger partial charge in [0, 0.05) is 24.1 Å². The van der Waals surface area contributed by atoms with E-state index in [9.17, 15) is 9.59 Å². The molecule has 0 spiro atoms. The van der Waals surface area contributed by atoms with Gasteiger partial charge in [-0.3, -0.25) is 14.7 Å². The predicted molar refractivity (Wildman–Crippen MR) is 105 cm³/mol. The summed E-state index contributed by atoms with van der Waals surface area (Å²) < 4.78 is 7.15. The lowest BCUT2D eigenvalue weighted by Gasteiger charge is -2.11. The molecule has 0 radical (unpaired) electrons. The Morgan fingerprint density at radius 2 is 2.11 bits per heavy atom. The average Bonchev–Trinajstić information content (AvgIpc) is 3.32. The van der Waals surface area contributed by atoms with Crippen LogP contribution < -0.4 is 15.6 Å². The number of nitrogens with zero attached hydrogens (tertiary/aromatic N) is 2. The van der Waals surface area contributed by atoms with Gasteiger partial charge in [-0.25, -0.2) is 9.67 Å². The number of aromatic amines is 1. The summed E-state index contributed by atoms with van der Waals surface area (Å²) in [5.74, 6) is 2.55. The van der Waals surface area contributed by atoms with Gasteiger partial charge in [0.2, 0.25) is 5.88 Å². The lowest BCUT2D eigenvalue weighted by Crippen LogP contribution is -2.16. The molecule has 3 aromatic rings. The SMILES string of the molecule is O=C(Nc1cc(=O)n(-c2ccccc2)[nH]1)c1ccc(OC2CCSC2)nc1. The van der Waals surface area contributed by atoms with Crippen LogP contribution in [0.2, 0.25) is 0 Å². The Balaban J connectivity index is 1.44. The number of ether oxygens (including phenoxy) is 1. The molecule has 7 nitrogen and oxygen atoms in total. The number of thioether (sulfide) groups is 1. The molecule has 1 amide bonds. The summed E-state index contributed by atoms with van der Waals surface area (Å²) in [5, 5.41) is 5.57. The maximum Gasteiger partial charge on any atom is 0.273 e. The summed E-state index contributed by atoms with van der Waals surface area (Å²) in [7, 11) is 0. The molecule has 27 heavy (non-hydrogen) atoms. The van der Waals surface area contributed by atoms with E-state index in [0.29, 0.717) is 22.9 Å². The molecule has 8 heteroatoms. The molecule has 4 rings (SSSR count). The fraction of sp³-hybridized carbons (Fsp3) is 0.211. The van der Waals surface area contributed by atoms with Crippen LogP contribution in [0.5, 0.6) is 5.88 Å².